The molecule has 0 fully saturated rings. The van der Waals surface area contributed by atoms with E-state index in [-0.39, 0.29) is 15.6 Å². The number of hydrogen-bond donors (Lipinski definition) is 1. The van der Waals surface area contributed by atoms with Gasteiger partial charge in [0.05, 0.1) is 21.3 Å². The Balaban J connectivity index is 2.31. The van der Waals surface area contributed by atoms with Crippen LogP contribution >= 0.6 is 39.1 Å². The number of carbonyl (C=O) groups is 1. The second-order valence-electron chi connectivity index (χ2n) is 3.68. The Morgan fingerprint density at radius 1 is 1.21 bits per heavy atom. The summed E-state index contributed by atoms with van der Waals surface area (Å²) in [6.07, 6.45) is 0. The molecule has 1 amide bonds. The van der Waals surface area contributed by atoms with Gasteiger partial charge in [0.1, 0.15) is 5.82 Å². The van der Waals surface area contributed by atoms with Gasteiger partial charge in [0, 0.05) is 4.47 Å². The number of halogens is 4. The van der Waals surface area contributed by atoms with Gasteiger partial charge in [-0.3, -0.25) is 4.79 Å². The van der Waals surface area contributed by atoms with Crippen LogP contribution < -0.4 is 5.32 Å². The lowest BCUT2D eigenvalue weighted by Crippen LogP contribution is -2.13. The molecule has 1 N–H and O–H groups in total. The first kappa shape index (κ1) is 14.3. The summed E-state index contributed by atoms with van der Waals surface area (Å²) in [6, 6.07) is 8.73. The predicted molar refractivity (Wildman–Crippen MR) is 78.5 cm³/mol. The van der Waals surface area contributed by atoms with Crippen molar-refractivity contribution in [3.8, 4) is 0 Å². The minimum Gasteiger partial charge on any atom is -0.321 e. The Morgan fingerprint density at radius 2 is 1.95 bits per heavy atom. The zero-order valence-corrected chi connectivity index (χ0v) is 12.5. The molecule has 0 bridgehead atoms. The van der Waals surface area contributed by atoms with Crippen LogP contribution in [0.25, 0.3) is 0 Å². The second kappa shape index (κ2) is 5.90. The van der Waals surface area contributed by atoms with Crippen molar-refractivity contribution in [2.24, 2.45) is 0 Å². The summed E-state index contributed by atoms with van der Waals surface area (Å²) in [6.45, 7) is 0. The van der Waals surface area contributed by atoms with E-state index in [0.29, 0.717) is 10.2 Å². The lowest BCUT2D eigenvalue weighted by molar-refractivity contribution is 0.102. The Morgan fingerprint density at radius 3 is 2.68 bits per heavy atom. The highest BCUT2D eigenvalue weighted by atomic mass is 79.9. The number of benzene rings is 2. The summed E-state index contributed by atoms with van der Waals surface area (Å²) in [4.78, 5) is 12.1. The summed E-state index contributed by atoms with van der Waals surface area (Å²) in [7, 11) is 0. The van der Waals surface area contributed by atoms with Gasteiger partial charge in [-0.25, -0.2) is 4.39 Å². The number of carbonyl (C=O) groups excluding carboxylic acids is 1. The first-order chi connectivity index (χ1) is 8.99. The van der Waals surface area contributed by atoms with E-state index in [4.69, 9.17) is 23.2 Å². The molecule has 0 heterocycles. The molecular formula is C13H7BrCl2FNO. The van der Waals surface area contributed by atoms with Crippen LogP contribution in [-0.4, -0.2) is 5.91 Å². The van der Waals surface area contributed by atoms with E-state index in [1.165, 1.54) is 24.3 Å². The Kier molecular flexibility index (Phi) is 4.45. The van der Waals surface area contributed by atoms with Crippen LogP contribution in [-0.2, 0) is 0 Å². The molecule has 19 heavy (non-hydrogen) atoms. The van der Waals surface area contributed by atoms with E-state index in [9.17, 15) is 9.18 Å². The van der Waals surface area contributed by atoms with E-state index >= 15 is 0 Å². The molecule has 2 aromatic carbocycles. The topological polar surface area (TPSA) is 29.1 Å². The van der Waals surface area contributed by atoms with Gasteiger partial charge in [0.15, 0.2) is 0 Å². The van der Waals surface area contributed by atoms with Crippen molar-refractivity contribution in [2.75, 3.05) is 5.32 Å². The van der Waals surface area contributed by atoms with Crippen LogP contribution in [0.5, 0.6) is 0 Å². The van der Waals surface area contributed by atoms with Crippen LogP contribution in [0.2, 0.25) is 10.0 Å². The summed E-state index contributed by atoms with van der Waals surface area (Å²) in [5.74, 6) is -0.908. The average molecular weight is 363 g/mol. The number of nitrogens with one attached hydrogen (secondary N) is 1. The van der Waals surface area contributed by atoms with E-state index < -0.39 is 11.7 Å². The highest BCUT2D eigenvalue weighted by Crippen LogP contribution is 2.28. The van der Waals surface area contributed by atoms with Gasteiger partial charge in [-0.15, -0.1) is 0 Å². The van der Waals surface area contributed by atoms with Gasteiger partial charge in [-0.2, -0.15) is 0 Å². The maximum Gasteiger partial charge on any atom is 0.257 e. The molecule has 0 unspecified atom stereocenters. The smallest absolute Gasteiger partial charge is 0.257 e. The fraction of sp³-hybridized carbons (Fsp3) is 0. The van der Waals surface area contributed by atoms with Crippen molar-refractivity contribution in [2.45, 2.75) is 0 Å². The van der Waals surface area contributed by atoms with E-state index in [0.717, 1.165) is 0 Å². The van der Waals surface area contributed by atoms with Gasteiger partial charge in [-0.1, -0.05) is 29.3 Å². The molecule has 2 rings (SSSR count). The molecular weight excluding hydrogens is 356 g/mol. The first-order valence-electron chi connectivity index (χ1n) is 5.19. The Bertz CT molecular complexity index is 649. The lowest BCUT2D eigenvalue weighted by Gasteiger charge is -2.09. The minimum absolute atomic E-state index is 0.161. The Labute approximate surface area is 127 Å². The highest BCUT2D eigenvalue weighted by Gasteiger charge is 2.14. The SMILES string of the molecule is O=C(Nc1cc(F)ccc1Br)c1cccc(Cl)c1Cl. The fourth-order valence-corrected chi connectivity index (χ4v) is 2.19. The standard InChI is InChI=1S/C13H7BrCl2FNO/c14-9-5-4-7(17)6-11(9)18-13(19)8-2-1-3-10(15)12(8)16/h1-6H,(H,18,19). The first-order valence-corrected chi connectivity index (χ1v) is 6.74. The molecule has 2 aromatic rings. The highest BCUT2D eigenvalue weighted by molar-refractivity contribution is 9.10. The van der Waals surface area contributed by atoms with Crippen LogP contribution in [0.4, 0.5) is 10.1 Å². The minimum atomic E-state index is -0.459. The molecule has 6 heteroatoms. The van der Waals surface area contributed by atoms with E-state index in [1.54, 1.807) is 12.1 Å². The molecule has 0 aliphatic heterocycles. The summed E-state index contributed by atoms with van der Waals surface area (Å²) < 4.78 is 13.7. The number of hydrogen-bond acceptors (Lipinski definition) is 1. The molecule has 98 valence electrons. The normalized spacial score (nSPS) is 10.3. The Hall–Kier alpha value is -1.10. The maximum absolute atomic E-state index is 13.1. The third-order valence-electron chi connectivity index (χ3n) is 2.37. The molecule has 0 aromatic heterocycles. The zero-order valence-electron chi connectivity index (χ0n) is 9.38. The maximum atomic E-state index is 13.1. The average Bonchev–Trinajstić information content (AvgIpc) is 2.37. The van der Waals surface area contributed by atoms with Crippen molar-refractivity contribution in [3.05, 3.63) is 62.3 Å². The van der Waals surface area contributed by atoms with Gasteiger partial charge in [0.25, 0.3) is 5.91 Å². The zero-order chi connectivity index (χ0) is 14.0. The van der Waals surface area contributed by atoms with Gasteiger partial charge in [-0.05, 0) is 46.3 Å². The molecule has 0 radical (unpaired) electrons. The third-order valence-corrected chi connectivity index (χ3v) is 3.88. The van der Waals surface area contributed by atoms with E-state index in [2.05, 4.69) is 21.2 Å². The molecule has 0 saturated heterocycles. The molecule has 0 saturated carbocycles. The summed E-state index contributed by atoms with van der Waals surface area (Å²) >= 11 is 15.0. The van der Waals surface area contributed by atoms with Crippen molar-refractivity contribution in [1.82, 2.24) is 0 Å². The summed E-state index contributed by atoms with van der Waals surface area (Å²) in [5.41, 5.74) is 0.548. The molecule has 2 nitrogen and oxygen atoms in total. The molecule has 0 spiro atoms. The van der Waals surface area contributed by atoms with Crippen LogP contribution in [0.1, 0.15) is 10.4 Å². The summed E-state index contributed by atoms with van der Waals surface area (Å²) in [5, 5.41) is 3.01. The van der Waals surface area contributed by atoms with Crippen molar-refractivity contribution in [1.29, 1.82) is 0 Å². The second-order valence-corrected chi connectivity index (χ2v) is 5.32. The number of amides is 1. The van der Waals surface area contributed by atoms with Gasteiger partial charge < -0.3 is 5.32 Å². The van der Waals surface area contributed by atoms with Gasteiger partial charge >= 0.3 is 0 Å². The predicted octanol–water partition coefficient (Wildman–Crippen LogP) is 5.15. The van der Waals surface area contributed by atoms with Crippen molar-refractivity contribution < 1.29 is 9.18 Å². The molecule has 0 atom stereocenters. The largest absolute Gasteiger partial charge is 0.321 e. The number of anilines is 1. The fourth-order valence-electron chi connectivity index (χ4n) is 1.46. The third kappa shape index (κ3) is 3.26. The van der Waals surface area contributed by atoms with Crippen molar-refractivity contribution >= 4 is 50.7 Å². The quantitative estimate of drug-likeness (QED) is 0.786. The molecule has 0 aliphatic carbocycles. The van der Waals surface area contributed by atoms with E-state index in [1.807, 2.05) is 0 Å². The van der Waals surface area contributed by atoms with Crippen molar-refractivity contribution in [3.63, 3.8) is 0 Å². The monoisotopic (exact) mass is 361 g/mol. The van der Waals surface area contributed by atoms with Crippen LogP contribution in [0, 0.1) is 5.82 Å². The number of rotatable bonds is 2. The van der Waals surface area contributed by atoms with Gasteiger partial charge in [0.2, 0.25) is 0 Å². The lowest BCUT2D eigenvalue weighted by atomic mass is 10.2. The van der Waals surface area contributed by atoms with Crippen LogP contribution in [0.3, 0.4) is 0 Å². The molecule has 0 aliphatic rings. The van der Waals surface area contributed by atoms with Crippen LogP contribution in [0.15, 0.2) is 40.9 Å².